The monoisotopic (exact) mass is 243 g/mol. The normalized spacial score (nSPS) is 28.5. The molecule has 1 aromatic rings. The number of aliphatic hydroxyl groups excluding tert-OH is 2. The second-order valence-electron chi connectivity index (χ2n) is 3.82. The van der Waals surface area contributed by atoms with E-state index in [4.69, 9.17) is 15.6 Å². The van der Waals surface area contributed by atoms with Crippen molar-refractivity contribution in [1.29, 1.82) is 0 Å². The molecule has 2 heterocycles. The molecule has 8 nitrogen and oxygen atoms in total. The lowest BCUT2D eigenvalue weighted by Crippen LogP contribution is -2.28. The second kappa shape index (κ2) is 4.32. The van der Waals surface area contributed by atoms with Crippen LogP contribution in [-0.4, -0.2) is 43.7 Å². The molecule has 17 heavy (non-hydrogen) atoms. The first-order valence-corrected chi connectivity index (χ1v) is 5.05. The molecule has 0 unspecified atom stereocenters. The summed E-state index contributed by atoms with van der Waals surface area (Å²) in [6.07, 6.45) is -1.14. The molecule has 0 amide bonds. The Hall–Kier alpha value is -1.64. The summed E-state index contributed by atoms with van der Waals surface area (Å²) in [6, 6.07) is 0. The molecule has 8 heteroatoms. The number of hydrogen-bond acceptors (Lipinski definition) is 7. The fourth-order valence-electron chi connectivity index (χ4n) is 1.73. The third kappa shape index (κ3) is 2.09. The van der Waals surface area contributed by atoms with Crippen LogP contribution in [0.2, 0.25) is 0 Å². The highest BCUT2D eigenvalue weighted by Gasteiger charge is 2.35. The quantitative estimate of drug-likeness (QED) is 0.480. The summed E-state index contributed by atoms with van der Waals surface area (Å²) in [5.74, 6) is -0.598. The molecule has 2 rings (SSSR count). The summed E-state index contributed by atoms with van der Waals surface area (Å²) in [4.78, 5) is 14.9. The summed E-state index contributed by atoms with van der Waals surface area (Å²) >= 11 is 0. The van der Waals surface area contributed by atoms with Gasteiger partial charge in [-0.25, -0.2) is 4.79 Å². The largest absolute Gasteiger partial charge is 0.503 e. The Morgan fingerprint density at radius 3 is 2.94 bits per heavy atom. The van der Waals surface area contributed by atoms with Crippen molar-refractivity contribution in [3.63, 3.8) is 0 Å². The van der Waals surface area contributed by atoms with Crippen molar-refractivity contribution < 1.29 is 20.1 Å². The highest BCUT2D eigenvalue weighted by molar-refractivity contribution is 5.41. The molecule has 1 fully saturated rings. The number of aliphatic hydroxyl groups is 2. The Kier molecular flexibility index (Phi) is 3.01. The summed E-state index contributed by atoms with van der Waals surface area (Å²) in [7, 11) is 0. The van der Waals surface area contributed by atoms with Gasteiger partial charge in [-0.15, -0.1) is 0 Å². The van der Waals surface area contributed by atoms with E-state index >= 15 is 0 Å². The fourth-order valence-corrected chi connectivity index (χ4v) is 1.73. The number of aromatic hydroxyl groups is 1. The van der Waals surface area contributed by atoms with E-state index in [1.807, 2.05) is 0 Å². The number of ether oxygens (including phenoxy) is 1. The average molecular weight is 243 g/mol. The number of nitrogens with zero attached hydrogens (tertiary/aromatic N) is 2. The van der Waals surface area contributed by atoms with Crippen LogP contribution in [0.25, 0.3) is 0 Å². The first-order valence-electron chi connectivity index (χ1n) is 5.05. The molecular formula is C9H13N3O5. The van der Waals surface area contributed by atoms with Gasteiger partial charge >= 0.3 is 5.69 Å². The van der Waals surface area contributed by atoms with Crippen LogP contribution in [0.15, 0.2) is 11.0 Å². The van der Waals surface area contributed by atoms with Crippen molar-refractivity contribution in [2.24, 2.45) is 0 Å². The molecule has 1 aliphatic rings. The minimum atomic E-state index is -0.864. The lowest BCUT2D eigenvalue weighted by atomic mass is 10.2. The Morgan fingerprint density at radius 2 is 2.35 bits per heavy atom. The summed E-state index contributed by atoms with van der Waals surface area (Å²) in [5, 5.41) is 27.8. The number of anilines is 1. The Bertz CT molecular complexity index is 474. The molecule has 0 aliphatic carbocycles. The van der Waals surface area contributed by atoms with Gasteiger partial charge in [0.25, 0.3) is 0 Å². The third-order valence-corrected chi connectivity index (χ3v) is 2.66. The standard InChI is InChI=1S/C9H13N3O5/c10-8-5(15)2-12(9(16)11-8)7-1-4(14)6(3-13)17-7/h2,4,6-7,13-15H,1,3H2,(H2,10,11,16)/t4-,6-,7-/m1/s1. The topological polar surface area (TPSA) is 131 Å². The SMILES string of the molecule is Nc1nc(=O)n([C@H]2C[C@@H](O)[C@@H](CO)O2)cc1O. The van der Waals surface area contributed by atoms with Gasteiger partial charge in [0.05, 0.1) is 18.9 Å². The maximum Gasteiger partial charge on any atom is 0.351 e. The smallest absolute Gasteiger partial charge is 0.351 e. The number of nitrogens with two attached hydrogens (primary N) is 1. The van der Waals surface area contributed by atoms with Gasteiger partial charge in [0, 0.05) is 6.42 Å². The molecule has 1 saturated heterocycles. The zero-order valence-electron chi connectivity index (χ0n) is 8.85. The van der Waals surface area contributed by atoms with Gasteiger partial charge in [0.2, 0.25) is 0 Å². The lowest BCUT2D eigenvalue weighted by Gasteiger charge is -2.14. The van der Waals surface area contributed by atoms with Gasteiger partial charge in [0.15, 0.2) is 11.6 Å². The molecule has 0 bridgehead atoms. The fraction of sp³-hybridized carbons (Fsp3) is 0.556. The van der Waals surface area contributed by atoms with E-state index in [0.717, 1.165) is 10.8 Å². The molecule has 0 aromatic carbocycles. The van der Waals surface area contributed by atoms with Crippen molar-refractivity contribution >= 4 is 5.82 Å². The molecular weight excluding hydrogens is 230 g/mol. The molecule has 0 radical (unpaired) electrons. The molecule has 1 aliphatic heterocycles. The maximum atomic E-state index is 11.5. The van der Waals surface area contributed by atoms with Gasteiger partial charge in [-0.05, 0) is 0 Å². The molecule has 3 atom stereocenters. The minimum absolute atomic E-state index is 0.135. The highest BCUT2D eigenvalue weighted by atomic mass is 16.5. The van der Waals surface area contributed by atoms with Crippen LogP contribution >= 0.6 is 0 Å². The predicted molar refractivity (Wildman–Crippen MR) is 56.2 cm³/mol. The molecule has 5 N–H and O–H groups in total. The number of rotatable bonds is 2. The first kappa shape index (κ1) is 11.8. The third-order valence-electron chi connectivity index (χ3n) is 2.66. The van der Waals surface area contributed by atoms with Gasteiger partial charge in [0.1, 0.15) is 12.3 Å². The highest BCUT2D eigenvalue weighted by Crippen LogP contribution is 2.28. The maximum absolute atomic E-state index is 11.5. The van der Waals surface area contributed by atoms with Crippen LogP contribution in [0.5, 0.6) is 5.75 Å². The van der Waals surface area contributed by atoms with Gasteiger partial charge in [-0.1, -0.05) is 0 Å². The Labute approximate surface area is 95.9 Å². The van der Waals surface area contributed by atoms with Crippen molar-refractivity contribution in [3.8, 4) is 5.75 Å². The minimum Gasteiger partial charge on any atom is -0.503 e. The number of nitrogen functional groups attached to an aromatic ring is 1. The van der Waals surface area contributed by atoms with Crippen LogP contribution in [0, 0.1) is 0 Å². The Balaban J connectivity index is 2.30. The lowest BCUT2D eigenvalue weighted by molar-refractivity contribution is -0.0460. The van der Waals surface area contributed by atoms with Crippen LogP contribution < -0.4 is 11.4 Å². The molecule has 0 saturated carbocycles. The van der Waals surface area contributed by atoms with Crippen molar-refractivity contribution in [2.75, 3.05) is 12.3 Å². The summed E-state index contributed by atoms with van der Waals surface area (Å²) in [6.45, 7) is -0.346. The van der Waals surface area contributed by atoms with Crippen LogP contribution in [-0.2, 0) is 4.74 Å². The molecule has 94 valence electrons. The van der Waals surface area contributed by atoms with E-state index in [-0.39, 0.29) is 24.6 Å². The van der Waals surface area contributed by atoms with Crippen LogP contribution in [0.1, 0.15) is 12.6 Å². The van der Waals surface area contributed by atoms with Gasteiger partial charge in [-0.2, -0.15) is 4.98 Å². The zero-order valence-corrected chi connectivity index (χ0v) is 8.85. The number of aromatic nitrogens is 2. The molecule has 0 spiro atoms. The van der Waals surface area contributed by atoms with E-state index < -0.39 is 24.1 Å². The van der Waals surface area contributed by atoms with Crippen molar-refractivity contribution in [1.82, 2.24) is 9.55 Å². The van der Waals surface area contributed by atoms with Crippen LogP contribution in [0.3, 0.4) is 0 Å². The first-order chi connectivity index (χ1) is 8.02. The van der Waals surface area contributed by atoms with Crippen molar-refractivity contribution in [3.05, 3.63) is 16.7 Å². The zero-order chi connectivity index (χ0) is 12.6. The van der Waals surface area contributed by atoms with Crippen molar-refractivity contribution in [2.45, 2.75) is 24.9 Å². The van der Waals surface area contributed by atoms with E-state index in [0.29, 0.717) is 0 Å². The van der Waals surface area contributed by atoms with Gasteiger partial charge < -0.3 is 25.8 Å². The van der Waals surface area contributed by atoms with Gasteiger partial charge in [-0.3, -0.25) is 4.57 Å². The molecule has 1 aromatic heterocycles. The summed E-state index contributed by atoms with van der Waals surface area (Å²) in [5.41, 5.74) is 4.58. The van der Waals surface area contributed by atoms with E-state index in [1.54, 1.807) is 0 Å². The van der Waals surface area contributed by atoms with E-state index in [9.17, 15) is 15.0 Å². The average Bonchev–Trinajstić information content (AvgIpc) is 2.65. The van der Waals surface area contributed by atoms with Crippen LogP contribution in [0.4, 0.5) is 5.82 Å². The van der Waals surface area contributed by atoms with E-state index in [1.165, 1.54) is 0 Å². The Morgan fingerprint density at radius 1 is 1.65 bits per heavy atom. The summed E-state index contributed by atoms with van der Waals surface area (Å²) < 4.78 is 6.29. The number of hydrogen-bond donors (Lipinski definition) is 4. The predicted octanol–water partition coefficient (Wildman–Crippen LogP) is -1.83. The van der Waals surface area contributed by atoms with E-state index in [2.05, 4.69) is 4.98 Å². The second-order valence-corrected chi connectivity index (χ2v) is 3.82.